The number of aryl methyl sites for hydroxylation is 1. The van der Waals surface area contributed by atoms with Crippen molar-refractivity contribution in [3.63, 3.8) is 0 Å². The highest BCUT2D eigenvalue weighted by atomic mass is 16.5. The van der Waals surface area contributed by atoms with Crippen molar-refractivity contribution in [3.8, 4) is 0 Å². The van der Waals surface area contributed by atoms with Crippen LogP contribution in [0.4, 0.5) is 10.5 Å². The molecule has 0 aromatic carbocycles. The van der Waals surface area contributed by atoms with Crippen LogP contribution in [0, 0.1) is 0 Å². The number of ether oxygens (including phenoxy) is 1. The Kier molecular flexibility index (Phi) is 3.83. The number of anilines is 1. The van der Waals surface area contributed by atoms with Gasteiger partial charge in [-0.3, -0.25) is 9.67 Å². The third kappa shape index (κ3) is 3.19. The molecule has 2 amide bonds. The monoisotopic (exact) mass is 287 g/mol. The number of pyridine rings is 1. The lowest BCUT2D eigenvalue weighted by Gasteiger charge is -2.19. The Hall–Kier alpha value is -2.41. The van der Waals surface area contributed by atoms with Gasteiger partial charge in [0.15, 0.2) is 0 Å². The number of amides is 2. The summed E-state index contributed by atoms with van der Waals surface area (Å²) in [6.45, 7) is 0.625. The molecule has 7 nitrogen and oxygen atoms in total. The Morgan fingerprint density at radius 3 is 2.95 bits per heavy atom. The van der Waals surface area contributed by atoms with Gasteiger partial charge in [-0.05, 0) is 18.6 Å². The van der Waals surface area contributed by atoms with Gasteiger partial charge in [-0.25, -0.2) is 4.79 Å². The normalized spacial score (nSPS) is 21.2. The highest BCUT2D eigenvalue weighted by molar-refractivity contribution is 5.89. The van der Waals surface area contributed by atoms with E-state index in [4.69, 9.17) is 4.74 Å². The molecule has 110 valence electrons. The summed E-state index contributed by atoms with van der Waals surface area (Å²) in [5.41, 5.74) is 1.68. The van der Waals surface area contributed by atoms with Gasteiger partial charge in [0.25, 0.3) is 0 Å². The van der Waals surface area contributed by atoms with Crippen LogP contribution in [0.5, 0.6) is 0 Å². The summed E-state index contributed by atoms with van der Waals surface area (Å²) in [6, 6.07) is 3.17. The van der Waals surface area contributed by atoms with Crippen LogP contribution in [0.2, 0.25) is 0 Å². The Morgan fingerprint density at radius 1 is 1.43 bits per heavy atom. The van der Waals surface area contributed by atoms with Crippen LogP contribution in [0.25, 0.3) is 0 Å². The van der Waals surface area contributed by atoms with Gasteiger partial charge in [0.05, 0.1) is 12.2 Å². The van der Waals surface area contributed by atoms with Gasteiger partial charge >= 0.3 is 6.03 Å². The average molecular weight is 287 g/mol. The minimum Gasteiger partial charge on any atom is -0.371 e. The van der Waals surface area contributed by atoms with Crippen LogP contribution in [0.3, 0.4) is 0 Å². The molecule has 0 unspecified atom stereocenters. The van der Waals surface area contributed by atoms with E-state index in [1.807, 2.05) is 13.2 Å². The number of carbonyl (C=O) groups is 1. The molecule has 1 fully saturated rings. The fourth-order valence-corrected chi connectivity index (χ4v) is 2.42. The molecule has 1 aliphatic heterocycles. The van der Waals surface area contributed by atoms with E-state index >= 15 is 0 Å². The van der Waals surface area contributed by atoms with E-state index in [2.05, 4.69) is 20.7 Å². The predicted octanol–water partition coefficient (Wildman–Crippen LogP) is 1.47. The Morgan fingerprint density at radius 2 is 2.24 bits per heavy atom. The molecule has 0 spiro atoms. The van der Waals surface area contributed by atoms with Gasteiger partial charge < -0.3 is 15.4 Å². The van der Waals surface area contributed by atoms with Gasteiger partial charge in [0, 0.05) is 43.5 Å². The topological polar surface area (TPSA) is 81.1 Å². The van der Waals surface area contributed by atoms with Crippen LogP contribution < -0.4 is 10.6 Å². The third-order valence-corrected chi connectivity index (χ3v) is 3.40. The highest BCUT2D eigenvalue weighted by Gasteiger charge is 2.31. The summed E-state index contributed by atoms with van der Waals surface area (Å²) in [5, 5.41) is 9.88. The predicted molar refractivity (Wildman–Crippen MR) is 76.7 cm³/mol. The second-order valence-corrected chi connectivity index (χ2v) is 4.97. The van der Waals surface area contributed by atoms with E-state index in [-0.39, 0.29) is 18.2 Å². The van der Waals surface area contributed by atoms with Gasteiger partial charge in [-0.1, -0.05) is 0 Å². The fraction of sp³-hybridized carbons (Fsp3) is 0.357. The molecule has 1 saturated heterocycles. The number of nitrogens with zero attached hydrogens (tertiary/aromatic N) is 3. The molecule has 0 bridgehead atoms. The van der Waals surface area contributed by atoms with E-state index in [9.17, 15) is 4.79 Å². The lowest BCUT2D eigenvalue weighted by atomic mass is 10.1. The minimum absolute atomic E-state index is 0.0592. The fourth-order valence-electron chi connectivity index (χ4n) is 2.42. The van der Waals surface area contributed by atoms with E-state index in [1.54, 1.807) is 35.4 Å². The lowest BCUT2D eigenvalue weighted by Crippen LogP contribution is -2.39. The second-order valence-electron chi connectivity index (χ2n) is 4.97. The molecule has 2 N–H and O–H groups in total. The van der Waals surface area contributed by atoms with E-state index in [1.165, 1.54) is 0 Å². The van der Waals surface area contributed by atoms with Crippen LogP contribution in [0.1, 0.15) is 18.1 Å². The quantitative estimate of drug-likeness (QED) is 0.895. The Bertz CT molecular complexity index is 613. The number of rotatable bonds is 3. The van der Waals surface area contributed by atoms with Gasteiger partial charge in [-0.2, -0.15) is 5.10 Å². The number of nitrogens with one attached hydrogen (secondary N) is 2. The zero-order chi connectivity index (χ0) is 14.7. The first-order valence-electron chi connectivity index (χ1n) is 6.80. The second kappa shape index (κ2) is 5.92. The van der Waals surface area contributed by atoms with Crippen LogP contribution in [-0.4, -0.2) is 33.4 Å². The van der Waals surface area contributed by atoms with Crippen molar-refractivity contribution in [3.05, 3.63) is 42.5 Å². The van der Waals surface area contributed by atoms with Crippen LogP contribution in [0.15, 0.2) is 36.9 Å². The van der Waals surface area contributed by atoms with Crippen molar-refractivity contribution in [2.45, 2.75) is 18.6 Å². The summed E-state index contributed by atoms with van der Waals surface area (Å²) in [7, 11) is 1.86. The number of carbonyl (C=O) groups excluding carboxylic acids is 1. The summed E-state index contributed by atoms with van der Waals surface area (Å²) in [6.07, 6.45) is 7.57. The van der Waals surface area contributed by atoms with Crippen LogP contribution in [-0.2, 0) is 11.8 Å². The van der Waals surface area contributed by atoms with Crippen molar-refractivity contribution in [1.82, 2.24) is 20.1 Å². The zero-order valence-corrected chi connectivity index (χ0v) is 11.7. The first-order valence-corrected chi connectivity index (χ1v) is 6.80. The van der Waals surface area contributed by atoms with E-state index in [0.717, 1.165) is 12.0 Å². The van der Waals surface area contributed by atoms with E-state index in [0.29, 0.717) is 12.3 Å². The van der Waals surface area contributed by atoms with Gasteiger partial charge in [-0.15, -0.1) is 0 Å². The molecule has 7 heteroatoms. The standard InChI is InChI=1S/C14H17N5O2/c1-19-9-10(8-16-19)13-12(4-7-21-13)18-14(20)17-11-2-5-15-6-3-11/h2-3,5-6,8-9,12-13H,4,7H2,1H3,(H2,15,17,18,20)/t12-,13+/m0/s1. The molecule has 0 radical (unpaired) electrons. The zero-order valence-electron chi connectivity index (χ0n) is 11.7. The highest BCUT2D eigenvalue weighted by Crippen LogP contribution is 2.28. The largest absolute Gasteiger partial charge is 0.371 e. The van der Waals surface area contributed by atoms with Crippen molar-refractivity contribution in [2.75, 3.05) is 11.9 Å². The molecule has 0 aliphatic carbocycles. The molecule has 3 rings (SSSR count). The number of urea groups is 1. The Labute approximate surface area is 122 Å². The van der Waals surface area contributed by atoms with Crippen molar-refractivity contribution in [1.29, 1.82) is 0 Å². The summed E-state index contributed by atoms with van der Waals surface area (Å²) in [5.74, 6) is 0. The minimum atomic E-state index is -0.245. The molecule has 2 aromatic heterocycles. The smallest absolute Gasteiger partial charge is 0.319 e. The third-order valence-electron chi connectivity index (χ3n) is 3.40. The average Bonchev–Trinajstić information content (AvgIpc) is 3.08. The molecule has 0 saturated carbocycles. The Balaban J connectivity index is 1.62. The van der Waals surface area contributed by atoms with Gasteiger partial charge in [0.2, 0.25) is 0 Å². The maximum Gasteiger partial charge on any atom is 0.319 e. The maximum atomic E-state index is 12.0. The summed E-state index contributed by atoms with van der Waals surface area (Å²) >= 11 is 0. The molecule has 1 aliphatic rings. The lowest BCUT2D eigenvalue weighted by molar-refractivity contribution is 0.100. The maximum absolute atomic E-state index is 12.0. The molecule has 3 heterocycles. The van der Waals surface area contributed by atoms with Crippen molar-refractivity contribution >= 4 is 11.7 Å². The number of aromatic nitrogens is 3. The molecular formula is C14H17N5O2. The van der Waals surface area contributed by atoms with Gasteiger partial charge in [0.1, 0.15) is 6.10 Å². The number of hydrogen-bond donors (Lipinski definition) is 2. The first-order chi connectivity index (χ1) is 10.2. The van der Waals surface area contributed by atoms with E-state index < -0.39 is 0 Å². The SMILES string of the molecule is Cn1cc([C@H]2OCC[C@@H]2NC(=O)Nc2ccncc2)cn1. The summed E-state index contributed by atoms with van der Waals surface area (Å²) < 4.78 is 7.44. The molecule has 2 atom stereocenters. The summed E-state index contributed by atoms with van der Waals surface area (Å²) in [4.78, 5) is 15.9. The molecule has 2 aromatic rings. The number of hydrogen-bond acceptors (Lipinski definition) is 4. The molecule has 21 heavy (non-hydrogen) atoms. The molecular weight excluding hydrogens is 270 g/mol. The van der Waals surface area contributed by atoms with Crippen LogP contribution >= 0.6 is 0 Å². The van der Waals surface area contributed by atoms with Crippen molar-refractivity contribution < 1.29 is 9.53 Å². The first kappa shape index (κ1) is 13.6. The van der Waals surface area contributed by atoms with Crippen molar-refractivity contribution in [2.24, 2.45) is 7.05 Å².